The number of nitrogen functional groups attached to an aromatic ring is 1. The summed E-state index contributed by atoms with van der Waals surface area (Å²) in [7, 11) is 0. The maximum absolute atomic E-state index is 13.3. The van der Waals surface area contributed by atoms with E-state index in [0.717, 1.165) is 37.0 Å². The third-order valence-electron chi connectivity index (χ3n) is 9.40. The minimum absolute atomic E-state index is 0.0763. The fourth-order valence-electron chi connectivity index (χ4n) is 6.07. The number of hydrogen-bond donors (Lipinski definition) is 7. The molecule has 0 unspecified atom stereocenters. The number of nitrogens with two attached hydrogens (primary N) is 3. The molecule has 0 bridgehead atoms. The Labute approximate surface area is 394 Å². The van der Waals surface area contributed by atoms with Gasteiger partial charge in [-0.05, 0) is 78.4 Å². The van der Waals surface area contributed by atoms with Gasteiger partial charge in [-0.3, -0.25) is 20.0 Å². The van der Waals surface area contributed by atoms with Crippen molar-refractivity contribution >= 4 is 75.7 Å². The van der Waals surface area contributed by atoms with Gasteiger partial charge in [-0.2, -0.15) is 9.97 Å². The Morgan fingerprint density at radius 2 is 0.862 bits per heavy atom. The number of aryl methyl sites for hydroxylation is 1. The van der Waals surface area contributed by atoms with Crippen molar-refractivity contribution < 1.29 is 0 Å². The Bertz CT molecular complexity index is 2550. The predicted octanol–water partition coefficient (Wildman–Crippen LogP) is 5.88. The molecule has 0 radical (unpaired) electrons. The smallest absolute Gasteiger partial charge is 0.355 e. The fraction of sp³-hybridized carbons (Fsp3) is 0.273. The highest BCUT2D eigenvalue weighted by molar-refractivity contribution is 6.40. The number of benzene rings is 4. The van der Waals surface area contributed by atoms with Crippen LogP contribution in [0.3, 0.4) is 0 Å². The molecule has 0 aliphatic carbocycles. The summed E-state index contributed by atoms with van der Waals surface area (Å²) >= 11 is 21.4. The lowest BCUT2D eigenvalue weighted by Crippen LogP contribution is -2.43. The van der Waals surface area contributed by atoms with Crippen LogP contribution in [0.4, 0.5) is 17.6 Å². The summed E-state index contributed by atoms with van der Waals surface area (Å²) in [6, 6.07) is 28.8. The van der Waals surface area contributed by atoms with Gasteiger partial charge in [0.2, 0.25) is 11.9 Å². The standard InChI is InChI=1S/C22H25ClN6O2.C21H24ClN7O2.CH2Cl2/c1-15-4-6-16(7-5-15)13-28-20(26-12-2-3-19(24)25)27-21(30)29(22(28)31)14-17-8-10-18(23)11-9-17;22-16-7-3-14(4-8-16)13-29-20(30)27-19(26-11-1-2-18(24)25)28(21(29)31)12-15-5-9-17(23)10-6-15;2-1-3/h4-11H,2-3,12-14H2,1H3,(H3,24,25)(H,26,27,30);3-10H,1-2,11-13,23H2,(H3,24,25)(H,26,27,30);1H2. The molecule has 0 aliphatic heterocycles. The first kappa shape index (κ1) is 51.2. The van der Waals surface area contributed by atoms with E-state index < -0.39 is 22.8 Å². The number of anilines is 3. The van der Waals surface area contributed by atoms with Crippen LogP contribution in [0, 0.1) is 17.7 Å². The maximum Gasteiger partial charge on any atom is 0.355 e. The third-order valence-corrected chi connectivity index (χ3v) is 9.91. The van der Waals surface area contributed by atoms with E-state index in [1.54, 1.807) is 60.7 Å². The van der Waals surface area contributed by atoms with E-state index in [9.17, 15) is 19.2 Å². The van der Waals surface area contributed by atoms with Crippen molar-refractivity contribution in [3.63, 3.8) is 0 Å². The van der Waals surface area contributed by atoms with Crippen molar-refractivity contribution in [2.75, 3.05) is 34.8 Å². The van der Waals surface area contributed by atoms with Crippen molar-refractivity contribution in [1.29, 1.82) is 10.8 Å². The first-order chi connectivity index (χ1) is 31.1. The van der Waals surface area contributed by atoms with Gasteiger partial charge < -0.3 is 27.8 Å². The van der Waals surface area contributed by atoms with E-state index in [4.69, 9.17) is 74.4 Å². The van der Waals surface area contributed by atoms with Gasteiger partial charge in [-0.1, -0.05) is 89.4 Å². The topological polar surface area (TPSA) is 264 Å². The Hall–Kier alpha value is -6.40. The number of rotatable bonds is 18. The van der Waals surface area contributed by atoms with Crippen LogP contribution >= 0.6 is 46.4 Å². The lowest BCUT2D eigenvalue weighted by Gasteiger charge is -2.16. The van der Waals surface area contributed by atoms with Gasteiger partial charge in [-0.25, -0.2) is 28.3 Å². The largest absolute Gasteiger partial charge is 0.399 e. The van der Waals surface area contributed by atoms with E-state index in [-0.39, 0.29) is 55.1 Å². The molecule has 65 heavy (non-hydrogen) atoms. The van der Waals surface area contributed by atoms with Crippen LogP contribution in [0.1, 0.15) is 53.5 Å². The van der Waals surface area contributed by atoms with E-state index in [2.05, 4.69) is 20.6 Å². The molecule has 0 saturated carbocycles. The molecule has 2 heterocycles. The molecule has 0 saturated heterocycles. The third kappa shape index (κ3) is 16.6. The summed E-state index contributed by atoms with van der Waals surface area (Å²) in [6.45, 7) is 3.49. The number of nitrogens with one attached hydrogen (secondary N) is 4. The molecular formula is C44H51Cl4N13O4. The van der Waals surface area contributed by atoms with Crippen molar-refractivity contribution in [2.24, 2.45) is 11.5 Å². The molecule has 2 aromatic heterocycles. The summed E-state index contributed by atoms with van der Waals surface area (Å²) in [6.07, 6.45) is 1.98. The lowest BCUT2D eigenvalue weighted by molar-refractivity contribution is 0.585. The van der Waals surface area contributed by atoms with Crippen LogP contribution in [-0.4, -0.2) is 58.3 Å². The average Bonchev–Trinajstić information content (AvgIpc) is 3.27. The Kier molecular flexibility index (Phi) is 20.3. The highest BCUT2D eigenvalue weighted by Crippen LogP contribution is 2.13. The predicted molar refractivity (Wildman–Crippen MR) is 263 cm³/mol. The van der Waals surface area contributed by atoms with Gasteiger partial charge in [0.1, 0.15) is 0 Å². The second-order valence-corrected chi connectivity index (χ2v) is 16.2. The quantitative estimate of drug-likeness (QED) is 0.0176. The summed E-state index contributed by atoms with van der Waals surface area (Å²) in [5.41, 5.74) is 19.3. The van der Waals surface area contributed by atoms with Crippen LogP contribution < -0.4 is 50.6 Å². The minimum atomic E-state index is -0.650. The molecule has 21 heteroatoms. The van der Waals surface area contributed by atoms with E-state index >= 15 is 0 Å². The molecule has 0 amide bonds. The minimum Gasteiger partial charge on any atom is -0.399 e. The Morgan fingerprint density at radius 3 is 1.20 bits per heavy atom. The number of hydrogen-bond acceptors (Lipinski definition) is 11. The molecule has 17 nitrogen and oxygen atoms in total. The second kappa shape index (κ2) is 25.8. The molecule has 4 aromatic carbocycles. The van der Waals surface area contributed by atoms with Crippen molar-refractivity contribution in [1.82, 2.24) is 28.2 Å². The SMILES string of the molecule is Cc1ccc(Cn2c(NCCCC(=N)N)nc(=O)n(Cc3ccc(Cl)cc3)c2=O)cc1.ClCCl.N=C(N)CCCNc1nc(=O)n(Cc2ccc(Cl)cc2)c(=O)n1Cc1ccc(N)cc1. The van der Waals surface area contributed by atoms with Crippen LogP contribution in [0.15, 0.2) is 116 Å². The molecule has 6 rings (SSSR count). The van der Waals surface area contributed by atoms with Crippen molar-refractivity contribution in [2.45, 2.75) is 58.8 Å². The summed E-state index contributed by atoms with van der Waals surface area (Å²) < 4.78 is 5.06. The molecule has 0 aliphatic rings. The van der Waals surface area contributed by atoms with Gasteiger partial charge in [0, 0.05) is 41.7 Å². The second-order valence-electron chi connectivity index (χ2n) is 14.5. The molecule has 0 fully saturated rings. The first-order valence-corrected chi connectivity index (χ1v) is 22.0. The first-order valence-electron chi connectivity index (χ1n) is 20.2. The van der Waals surface area contributed by atoms with Crippen molar-refractivity contribution in [3.05, 3.63) is 177 Å². The van der Waals surface area contributed by atoms with Gasteiger partial charge in [0.25, 0.3) is 0 Å². The highest BCUT2D eigenvalue weighted by atomic mass is 35.5. The number of amidine groups is 2. The number of nitrogens with zero attached hydrogens (tertiary/aromatic N) is 6. The van der Waals surface area contributed by atoms with Crippen LogP contribution in [0.5, 0.6) is 0 Å². The lowest BCUT2D eigenvalue weighted by atomic mass is 10.1. The Morgan fingerprint density at radius 1 is 0.554 bits per heavy atom. The van der Waals surface area contributed by atoms with Gasteiger partial charge in [0.15, 0.2) is 0 Å². The van der Waals surface area contributed by atoms with Crippen LogP contribution in [0.25, 0.3) is 0 Å². The molecule has 0 atom stereocenters. The zero-order valence-electron chi connectivity index (χ0n) is 35.6. The maximum atomic E-state index is 13.3. The van der Waals surface area contributed by atoms with Crippen LogP contribution in [0.2, 0.25) is 10.0 Å². The van der Waals surface area contributed by atoms with E-state index in [0.29, 0.717) is 54.5 Å². The van der Waals surface area contributed by atoms with Gasteiger partial charge in [-0.15, -0.1) is 23.2 Å². The highest BCUT2D eigenvalue weighted by Gasteiger charge is 2.16. The molecule has 0 spiro atoms. The zero-order chi connectivity index (χ0) is 47.5. The summed E-state index contributed by atoms with van der Waals surface area (Å²) in [5, 5.41) is 22.0. The number of aromatic nitrogens is 6. The van der Waals surface area contributed by atoms with Crippen LogP contribution in [-0.2, 0) is 26.2 Å². The molecule has 10 N–H and O–H groups in total. The summed E-state index contributed by atoms with van der Waals surface area (Å²) in [5.74, 6) is 0.534. The summed E-state index contributed by atoms with van der Waals surface area (Å²) in [4.78, 5) is 60.0. The Balaban J connectivity index is 0.000000268. The molecule has 344 valence electrons. The van der Waals surface area contributed by atoms with Gasteiger partial charge >= 0.3 is 22.8 Å². The van der Waals surface area contributed by atoms with E-state index in [1.807, 2.05) is 43.3 Å². The molecular weight excluding hydrogens is 916 g/mol. The van der Waals surface area contributed by atoms with Crippen molar-refractivity contribution in [3.8, 4) is 0 Å². The monoisotopic (exact) mass is 965 g/mol. The average molecular weight is 968 g/mol. The number of halogens is 4. The van der Waals surface area contributed by atoms with Gasteiger partial charge in [0.05, 0.1) is 43.2 Å². The van der Waals surface area contributed by atoms with E-state index in [1.165, 1.54) is 9.13 Å². The number of alkyl halides is 2. The normalized spacial score (nSPS) is 10.5. The molecule has 6 aromatic rings. The zero-order valence-corrected chi connectivity index (χ0v) is 38.6. The fourth-order valence-corrected chi connectivity index (χ4v) is 6.32.